The molecule has 0 radical (unpaired) electrons. The third kappa shape index (κ3) is 4.23. The second-order valence-corrected chi connectivity index (χ2v) is 5.54. The van der Waals surface area contributed by atoms with Crippen molar-refractivity contribution in [1.82, 2.24) is 10.2 Å². The average Bonchev–Trinajstić information content (AvgIpc) is 2.67. The lowest BCUT2D eigenvalue weighted by atomic mass is 10.1. The first-order chi connectivity index (χ1) is 9.66. The van der Waals surface area contributed by atoms with Crippen LogP contribution in [0.25, 0.3) is 0 Å². The summed E-state index contributed by atoms with van der Waals surface area (Å²) in [4.78, 5) is 14.3. The normalized spacial score (nSPS) is 18.2. The lowest BCUT2D eigenvalue weighted by Gasteiger charge is -2.21. The van der Waals surface area contributed by atoms with Gasteiger partial charge in [-0.1, -0.05) is 31.0 Å². The summed E-state index contributed by atoms with van der Waals surface area (Å²) in [6, 6.07) is 6.96. The first kappa shape index (κ1) is 14.9. The van der Waals surface area contributed by atoms with Crippen LogP contribution in [-0.4, -0.2) is 35.5 Å². The van der Waals surface area contributed by atoms with E-state index in [2.05, 4.69) is 10.2 Å². The average molecular weight is 276 g/mol. The Balaban J connectivity index is 1.86. The number of phenols is 1. The van der Waals surface area contributed by atoms with Gasteiger partial charge in [0.25, 0.3) is 0 Å². The zero-order chi connectivity index (χ0) is 14.4. The van der Waals surface area contributed by atoms with Crippen LogP contribution in [0.2, 0.25) is 0 Å². The molecule has 1 heterocycles. The largest absolute Gasteiger partial charge is 0.508 e. The predicted molar refractivity (Wildman–Crippen MR) is 79.6 cm³/mol. The number of nitrogens with one attached hydrogen (secondary N) is 1. The molecule has 1 aliphatic rings. The van der Waals surface area contributed by atoms with E-state index in [4.69, 9.17) is 0 Å². The van der Waals surface area contributed by atoms with Crippen molar-refractivity contribution in [1.29, 1.82) is 0 Å². The summed E-state index contributed by atoms with van der Waals surface area (Å²) in [5, 5.41) is 12.8. The van der Waals surface area contributed by atoms with Crippen LogP contribution in [0.1, 0.15) is 44.2 Å². The monoisotopic (exact) mass is 276 g/mol. The number of amides is 1. The van der Waals surface area contributed by atoms with Crippen molar-refractivity contribution in [3.8, 4) is 5.75 Å². The summed E-state index contributed by atoms with van der Waals surface area (Å²) in [5.41, 5.74) is 0.761. The van der Waals surface area contributed by atoms with Gasteiger partial charge in [0.05, 0.1) is 12.6 Å². The van der Waals surface area contributed by atoms with E-state index in [1.165, 1.54) is 25.7 Å². The summed E-state index contributed by atoms with van der Waals surface area (Å²) < 4.78 is 0. The molecule has 1 aromatic rings. The highest BCUT2D eigenvalue weighted by Gasteiger charge is 2.16. The number of carbonyl (C=O) groups is 1. The summed E-state index contributed by atoms with van der Waals surface area (Å²) in [6.45, 7) is 4.38. The minimum Gasteiger partial charge on any atom is -0.508 e. The Kier molecular flexibility index (Phi) is 5.41. The molecule has 1 atom stereocenters. The van der Waals surface area contributed by atoms with Crippen molar-refractivity contribution in [3.63, 3.8) is 0 Å². The Morgan fingerprint density at radius 2 is 1.90 bits per heavy atom. The first-order valence-corrected chi connectivity index (χ1v) is 7.46. The Labute approximate surface area is 120 Å². The van der Waals surface area contributed by atoms with Crippen molar-refractivity contribution in [2.24, 2.45) is 0 Å². The van der Waals surface area contributed by atoms with Crippen LogP contribution < -0.4 is 5.32 Å². The maximum absolute atomic E-state index is 12.1. The molecule has 1 fully saturated rings. The molecule has 0 aromatic heterocycles. The molecule has 0 aliphatic carbocycles. The fourth-order valence-corrected chi connectivity index (χ4v) is 2.72. The molecule has 110 valence electrons. The molecular weight excluding hydrogens is 252 g/mol. The van der Waals surface area contributed by atoms with Crippen LogP contribution in [-0.2, 0) is 4.79 Å². The first-order valence-electron chi connectivity index (χ1n) is 7.46. The van der Waals surface area contributed by atoms with Gasteiger partial charge in [-0.25, -0.2) is 0 Å². The van der Waals surface area contributed by atoms with Crippen molar-refractivity contribution < 1.29 is 9.90 Å². The molecule has 20 heavy (non-hydrogen) atoms. The molecule has 1 saturated heterocycles. The smallest absolute Gasteiger partial charge is 0.234 e. The Morgan fingerprint density at radius 1 is 1.25 bits per heavy atom. The van der Waals surface area contributed by atoms with Gasteiger partial charge in [-0.3, -0.25) is 9.69 Å². The van der Waals surface area contributed by atoms with Crippen molar-refractivity contribution in [3.05, 3.63) is 29.8 Å². The number of nitrogens with zero attached hydrogens (tertiary/aromatic N) is 1. The number of para-hydroxylation sites is 1. The molecule has 1 aromatic carbocycles. The van der Waals surface area contributed by atoms with Gasteiger partial charge in [-0.2, -0.15) is 0 Å². The number of aromatic hydroxyl groups is 1. The van der Waals surface area contributed by atoms with Crippen molar-refractivity contribution >= 4 is 5.91 Å². The van der Waals surface area contributed by atoms with Gasteiger partial charge >= 0.3 is 0 Å². The highest BCUT2D eigenvalue weighted by atomic mass is 16.3. The SMILES string of the molecule is CC(NC(=O)CN1CCCCCC1)c1ccccc1O. The maximum Gasteiger partial charge on any atom is 0.234 e. The molecule has 1 amide bonds. The minimum atomic E-state index is -0.171. The lowest BCUT2D eigenvalue weighted by Crippen LogP contribution is -2.38. The van der Waals surface area contributed by atoms with Gasteiger partial charge in [-0.15, -0.1) is 0 Å². The second-order valence-electron chi connectivity index (χ2n) is 5.54. The zero-order valence-corrected chi connectivity index (χ0v) is 12.1. The predicted octanol–water partition coefficient (Wildman–Crippen LogP) is 2.45. The molecule has 0 saturated carbocycles. The van der Waals surface area contributed by atoms with Crippen LogP contribution in [0, 0.1) is 0 Å². The molecular formula is C16H24N2O2. The van der Waals surface area contributed by atoms with Gasteiger partial charge in [0, 0.05) is 5.56 Å². The molecule has 1 unspecified atom stereocenters. The molecule has 2 N–H and O–H groups in total. The highest BCUT2D eigenvalue weighted by molar-refractivity contribution is 5.78. The van der Waals surface area contributed by atoms with Crippen LogP contribution in [0.3, 0.4) is 0 Å². The van der Waals surface area contributed by atoms with Crippen molar-refractivity contribution in [2.75, 3.05) is 19.6 Å². The van der Waals surface area contributed by atoms with Gasteiger partial charge in [0.1, 0.15) is 5.75 Å². The summed E-state index contributed by atoms with van der Waals surface area (Å²) in [5.74, 6) is 0.262. The molecule has 0 spiro atoms. The highest BCUT2D eigenvalue weighted by Crippen LogP contribution is 2.22. The maximum atomic E-state index is 12.1. The fraction of sp³-hybridized carbons (Fsp3) is 0.562. The van der Waals surface area contributed by atoms with E-state index in [-0.39, 0.29) is 17.7 Å². The Hall–Kier alpha value is -1.55. The van der Waals surface area contributed by atoms with E-state index < -0.39 is 0 Å². The number of phenolic OH excluding ortho intramolecular Hbond substituents is 1. The summed E-state index contributed by atoms with van der Waals surface area (Å²) in [7, 11) is 0. The van der Waals surface area contributed by atoms with E-state index in [9.17, 15) is 9.90 Å². The summed E-state index contributed by atoms with van der Waals surface area (Å²) >= 11 is 0. The number of likely N-dealkylation sites (tertiary alicyclic amines) is 1. The van der Waals surface area contributed by atoms with Gasteiger partial charge in [-0.05, 0) is 38.9 Å². The number of rotatable bonds is 4. The topological polar surface area (TPSA) is 52.6 Å². The molecule has 1 aliphatic heterocycles. The Morgan fingerprint density at radius 3 is 2.55 bits per heavy atom. The molecule has 4 nitrogen and oxygen atoms in total. The van der Waals surface area contributed by atoms with E-state index in [1.807, 2.05) is 19.1 Å². The third-order valence-electron chi connectivity index (χ3n) is 3.85. The van der Waals surface area contributed by atoms with Crippen LogP contribution in [0.15, 0.2) is 24.3 Å². The number of hydrogen-bond acceptors (Lipinski definition) is 3. The number of hydrogen-bond donors (Lipinski definition) is 2. The minimum absolute atomic E-state index is 0.0302. The summed E-state index contributed by atoms with van der Waals surface area (Å²) in [6.07, 6.45) is 4.91. The van der Waals surface area contributed by atoms with Gasteiger partial charge in [0.15, 0.2) is 0 Å². The molecule has 4 heteroatoms. The fourth-order valence-electron chi connectivity index (χ4n) is 2.72. The number of carbonyl (C=O) groups excluding carboxylic acids is 1. The van der Waals surface area contributed by atoms with E-state index in [0.29, 0.717) is 6.54 Å². The molecule has 0 bridgehead atoms. The third-order valence-corrected chi connectivity index (χ3v) is 3.85. The van der Waals surface area contributed by atoms with Gasteiger partial charge in [0.2, 0.25) is 5.91 Å². The number of benzene rings is 1. The zero-order valence-electron chi connectivity index (χ0n) is 12.1. The Bertz CT molecular complexity index is 440. The van der Waals surface area contributed by atoms with Crippen LogP contribution in [0.5, 0.6) is 5.75 Å². The van der Waals surface area contributed by atoms with Crippen molar-refractivity contribution in [2.45, 2.75) is 38.6 Å². The quantitative estimate of drug-likeness (QED) is 0.888. The standard InChI is InChI=1S/C16H24N2O2/c1-13(14-8-4-5-9-15(14)19)17-16(20)12-18-10-6-2-3-7-11-18/h4-5,8-9,13,19H,2-3,6-7,10-12H2,1H3,(H,17,20). The molecule has 2 rings (SSSR count). The second kappa shape index (κ2) is 7.29. The lowest BCUT2D eigenvalue weighted by molar-refractivity contribution is -0.122. The van der Waals surface area contributed by atoms with E-state index >= 15 is 0 Å². The van der Waals surface area contributed by atoms with Crippen LogP contribution >= 0.6 is 0 Å². The van der Waals surface area contributed by atoms with Gasteiger partial charge < -0.3 is 10.4 Å². The van der Waals surface area contributed by atoms with E-state index in [0.717, 1.165) is 18.7 Å². The van der Waals surface area contributed by atoms with E-state index in [1.54, 1.807) is 12.1 Å². The van der Waals surface area contributed by atoms with Crippen LogP contribution in [0.4, 0.5) is 0 Å².